The molecule has 0 aromatic heterocycles. The van der Waals surface area contributed by atoms with Gasteiger partial charge in [-0.1, -0.05) is 72.8 Å². The van der Waals surface area contributed by atoms with Crippen LogP contribution in [-0.2, 0) is 25.7 Å². The van der Waals surface area contributed by atoms with Gasteiger partial charge in [-0.05, 0) is 95.2 Å². The second-order valence-electron chi connectivity index (χ2n) is 8.27. The molecule has 140 valence electrons. The third kappa shape index (κ3) is 3.33. The minimum Gasteiger partial charge on any atom is -0.0613 e. The summed E-state index contributed by atoms with van der Waals surface area (Å²) in [7, 11) is 0. The molecular formula is C28H28. The molecule has 8 bridgehead atoms. The van der Waals surface area contributed by atoms with Crippen molar-refractivity contribution in [3.8, 4) is 0 Å². The Hall–Kier alpha value is -2.60. The van der Waals surface area contributed by atoms with E-state index in [0.29, 0.717) is 0 Å². The van der Waals surface area contributed by atoms with Crippen molar-refractivity contribution in [2.75, 3.05) is 0 Å². The van der Waals surface area contributed by atoms with Crippen molar-refractivity contribution in [1.29, 1.82) is 0 Å². The summed E-state index contributed by atoms with van der Waals surface area (Å²) in [6, 6.07) is 27.7. The second-order valence-corrected chi connectivity index (χ2v) is 8.27. The van der Waals surface area contributed by atoms with Gasteiger partial charge in [0.25, 0.3) is 0 Å². The first kappa shape index (κ1) is 17.5. The summed E-state index contributed by atoms with van der Waals surface area (Å²) >= 11 is 0. The van der Waals surface area contributed by atoms with Crippen molar-refractivity contribution in [3.63, 3.8) is 0 Å². The van der Waals surface area contributed by atoms with Crippen molar-refractivity contribution in [1.82, 2.24) is 0 Å². The van der Waals surface area contributed by atoms with Gasteiger partial charge in [-0.3, -0.25) is 0 Å². The van der Waals surface area contributed by atoms with Gasteiger partial charge in [0.2, 0.25) is 0 Å². The minimum absolute atomic E-state index is 1.18. The van der Waals surface area contributed by atoms with Gasteiger partial charge in [0.1, 0.15) is 0 Å². The molecule has 5 rings (SSSR count). The van der Waals surface area contributed by atoms with Gasteiger partial charge < -0.3 is 0 Å². The number of hydrogen-bond donors (Lipinski definition) is 0. The molecule has 0 spiro atoms. The molecule has 1 aliphatic carbocycles. The molecule has 4 aromatic carbocycles. The van der Waals surface area contributed by atoms with Crippen LogP contribution in [0.5, 0.6) is 0 Å². The first-order chi connectivity index (χ1) is 13.9. The van der Waals surface area contributed by atoms with Gasteiger partial charge >= 0.3 is 0 Å². The van der Waals surface area contributed by atoms with Crippen LogP contribution in [0.3, 0.4) is 0 Å². The SMILES string of the molecule is c1cc2c3cccc(c3c1)CCCCc1cccc3c(cccc13)CCCC2. The van der Waals surface area contributed by atoms with E-state index in [0.717, 1.165) is 0 Å². The Balaban J connectivity index is 1.52. The van der Waals surface area contributed by atoms with E-state index in [9.17, 15) is 0 Å². The highest BCUT2D eigenvalue weighted by Gasteiger charge is 2.09. The molecule has 0 fully saturated rings. The standard InChI is InChI=1S/C28H28/c1-2-10-22-14-6-20-28-24(16-8-19-26(22)28)12-4-3-11-23-15-7-17-25-21(9-1)13-5-18-27(23)25/h5-8,13-20H,1-4,9-12H2. The third-order valence-corrected chi connectivity index (χ3v) is 6.49. The Bertz CT molecular complexity index is 938. The molecule has 0 atom stereocenters. The van der Waals surface area contributed by atoms with Crippen LogP contribution in [-0.4, -0.2) is 0 Å². The van der Waals surface area contributed by atoms with Crippen LogP contribution in [0.4, 0.5) is 0 Å². The summed E-state index contributed by atoms with van der Waals surface area (Å²) in [5, 5.41) is 5.89. The maximum absolute atomic E-state index is 2.33. The molecule has 0 amide bonds. The zero-order chi connectivity index (χ0) is 18.8. The number of aryl methyl sites for hydroxylation is 4. The minimum atomic E-state index is 1.18. The van der Waals surface area contributed by atoms with E-state index in [2.05, 4.69) is 72.8 Å². The predicted octanol–water partition coefficient (Wildman–Crippen LogP) is 7.44. The summed E-state index contributed by atoms with van der Waals surface area (Å²) in [6.07, 6.45) is 9.71. The number of rotatable bonds is 0. The summed E-state index contributed by atoms with van der Waals surface area (Å²) in [5.74, 6) is 0. The van der Waals surface area contributed by atoms with Gasteiger partial charge in [0.05, 0.1) is 0 Å². The van der Waals surface area contributed by atoms with Crippen LogP contribution in [0.2, 0.25) is 0 Å². The topological polar surface area (TPSA) is 0 Å². The number of hydrogen-bond acceptors (Lipinski definition) is 0. The molecule has 0 heteroatoms. The lowest BCUT2D eigenvalue weighted by Gasteiger charge is -2.14. The smallest absolute Gasteiger partial charge is 0.0149 e. The predicted molar refractivity (Wildman–Crippen MR) is 121 cm³/mol. The van der Waals surface area contributed by atoms with E-state index in [1.807, 2.05) is 0 Å². The van der Waals surface area contributed by atoms with Crippen LogP contribution >= 0.6 is 0 Å². The largest absolute Gasteiger partial charge is 0.0613 e. The van der Waals surface area contributed by atoms with Crippen molar-refractivity contribution in [2.45, 2.75) is 51.4 Å². The van der Waals surface area contributed by atoms with E-state index in [4.69, 9.17) is 0 Å². The lowest BCUT2D eigenvalue weighted by molar-refractivity contribution is 0.735. The Morgan fingerprint density at radius 3 is 0.821 bits per heavy atom. The molecule has 0 N–H and O–H groups in total. The zero-order valence-electron chi connectivity index (χ0n) is 16.6. The summed E-state index contributed by atoms with van der Waals surface area (Å²) in [6.45, 7) is 0. The molecule has 0 saturated heterocycles. The highest BCUT2D eigenvalue weighted by atomic mass is 14.1. The molecule has 0 radical (unpaired) electrons. The molecule has 4 aromatic rings. The first-order valence-corrected chi connectivity index (χ1v) is 10.9. The normalized spacial score (nSPS) is 15.4. The monoisotopic (exact) mass is 364 g/mol. The van der Waals surface area contributed by atoms with Crippen molar-refractivity contribution >= 4 is 21.5 Å². The molecular weight excluding hydrogens is 336 g/mol. The van der Waals surface area contributed by atoms with E-state index < -0.39 is 0 Å². The molecule has 0 heterocycles. The maximum Gasteiger partial charge on any atom is -0.0149 e. The molecule has 1 aliphatic rings. The van der Waals surface area contributed by atoms with E-state index in [1.165, 1.54) is 95.2 Å². The zero-order valence-corrected chi connectivity index (χ0v) is 16.6. The van der Waals surface area contributed by atoms with Gasteiger partial charge in [-0.15, -0.1) is 0 Å². The van der Waals surface area contributed by atoms with Crippen LogP contribution in [0.15, 0.2) is 72.8 Å². The fourth-order valence-corrected chi connectivity index (χ4v) is 5.01. The molecule has 0 aliphatic heterocycles. The number of benzene rings is 4. The molecule has 0 unspecified atom stereocenters. The molecule has 0 nitrogen and oxygen atoms in total. The average molecular weight is 365 g/mol. The highest BCUT2D eigenvalue weighted by molar-refractivity contribution is 5.89. The Labute approximate surface area is 168 Å². The van der Waals surface area contributed by atoms with E-state index in [-0.39, 0.29) is 0 Å². The molecule has 28 heavy (non-hydrogen) atoms. The Kier molecular flexibility index (Phi) is 4.87. The summed E-state index contributed by atoms with van der Waals surface area (Å²) < 4.78 is 0. The van der Waals surface area contributed by atoms with Crippen LogP contribution in [0.1, 0.15) is 47.9 Å². The van der Waals surface area contributed by atoms with Crippen molar-refractivity contribution in [2.24, 2.45) is 0 Å². The lowest BCUT2D eigenvalue weighted by atomic mass is 9.91. The van der Waals surface area contributed by atoms with Gasteiger partial charge in [-0.2, -0.15) is 0 Å². The fraction of sp³-hybridized carbons (Fsp3) is 0.286. The van der Waals surface area contributed by atoms with Crippen LogP contribution in [0.25, 0.3) is 21.5 Å². The quantitative estimate of drug-likeness (QED) is 0.304. The fourth-order valence-electron chi connectivity index (χ4n) is 5.01. The van der Waals surface area contributed by atoms with Crippen LogP contribution in [0, 0.1) is 0 Å². The molecule has 0 saturated carbocycles. The summed E-state index contributed by atoms with van der Waals surface area (Å²) in [4.78, 5) is 0. The van der Waals surface area contributed by atoms with Crippen molar-refractivity contribution < 1.29 is 0 Å². The van der Waals surface area contributed by atoms with Gasteiger partial charge in [-0.25, -0.2) is 0 Å². The van der Waals surface area contributed by atoms with E-state index in [1.54, 1.807) is 0 Å². The summed E-state index contributed by atoms with van der Waals surface area (Å²) in [5.41, 5.74) is 6.08. The van der Waals surface area contributed by atoms with Crippen molar-refractivity contribution in [3.05, 3.63) is 95.1 Å². The average Bonchev–Trinajstić information content (AvgIpc) is 2.74. The first-order valence-electron chi connectivity index (χ1n) is 10.9. The van der Waals surface area contributed by atoms with Gasteiger partial charge in [0, 0.05) is 0 Å². The van der Waals surface area contributed by atoms with Gasteiger partial charge in [0.15, 0.2) is 0 Å². The highest BCUT2D eigenvalue weighted by Crippen LogP contribution is 2.28. The Morgan fingerprint density at radius 2 is 0.571 bits per heavy atom. The maximum atomic E-state index is 2.33. The Morgan fingerprint density at radius 1 is 0.321 bits per heavy atom. The second kappa shape index (κ2) is 7.80. The third-order valence-electron chi connectivity index (χ3n) is 6.49. The lowest BCUT2D eigenvalue weighted by Crippen LogP contribution is -1.96. The van der Waals surface area contributed by atoms with E-state index >= 15 is 0 Å². The van der Waals surface area contributed by atoms with Crippen LogP contribution < -0.4 is 0 Å².